The molecule has 3 nitrogen and oxygen atoms in total. The molecule has 0 spiro atoms. The minimum Gasteiger partial charge on any atom is -0.332 e. The second-order valence-electron chi connectivity index (χ2n) is 7.47. The Bertz CT molecular complexity index is 711. The van der Waals surface area contributed by atoms with Gasteiger partial charge in [0, 0.05) is 6.54 Å². The monoisotopic (exact) mass is 322 g/mol. The average molecular weight is 322 g/mol. The number of nitrogens with zero attached hydrogens (tertiary/aromatic N) is 1. The van der Waals surface area contributed by atoms with Gasteiger partial charge in [-0.2, -0.15) is 0 Å². The first-order valence-electron chi connectivity index (χ1n) is 8.54. The maximum absolute atomic E-state index is 13.0. The minimum atomic E-state index is -0.605. The molecule has 1 heterocycles. The lowest BCUT2D eigenvalue weighted by atomic mass is 9.83. The number of nitrogens with one attached hydrogen (secondary N) is 1. The summed E-state index contributed by atoms with van der Waals surface area (Å²) in [5.41, 5.74) is 1.49. The maximum atomic E-state index is 13.0. The molecule has 2 aromatic rings. The molecule has 0 aromatic heterocycles. The second-order valence-corrected chi connectivity index (χ2v) is 7.47. The van der Waals surface area contributed by atoms with E-state index in [2.05, 4.69) is 55.6 Å². The Balaban J connectivity index is 1.98. The first-order valence-corrected chi connectivity index (χ1v) is 8.54. The van der Waals surface area contributed by atoms with Crippen molar-refractivity contribution in [3.63, 3.8) is 0 Å². The van der Waals surface area contributed by atoms with E-state index >= 15 is 0 Å². The van der Waals surface area contributed by atoms with Crippen LogP contribution in [0.25, 0.3) is 0 Å². The van der Waals surface area contributed by atoms with E-state index in [9.17, 15) is 4.79 Å². The maximum Gasteiger partial charge on any atom is 0.242 e. The molecule has 1 amide bonds. The minimum absolute atomic E-state index is 0.0445. The Morgan fingerprint density at radius 3 is 2.08 bits per heavy atom. The summed E-state index contributed by atoms with van der Waals surface area (Å²) in [6, 6.07) is 20.7. The summed E-state index contributed by atoms with van der Waals surface area (Å²) in [5.74, 6) is 0.146. The number of hydrogen-bond acceptors (Lipinski definition) is 2. The van der Waals surface area contributed by atoms with Crippen LogP contribution < -0.4 is 5.32 Å². The molecular weight excluding hydrogens is 296 g/mol. The zero-order valence-electron chi connectivity index (χ0n) is 14.9. The summed E-state index contributed by atoms with van der Waals surface area (Å²) in [4.78, 5) is 15.1. The molecule has 1 aliphatic rings. The molecule has 2 aromatic carbocycles. The van der Waals surface area contributed by atoms with E-state index in [0.717, 1.165) is 0 Å². The third-order valence-electron chi connectivity index (χ3n) is 5.03. The van der Waals surface area contributed by atoms with Crippen LogP contribution in [0.3, 0.4) is 0 Å². The SMILES string of the molecule is C[C@@H](c1ccccc1)N1C[C@@](C)(c2ccccc2)NC(C)(C)C1=O. The van der Waals surface area contributed by atoms with Gasteiger partial charge in [0.1, 0.15) is 0 Å². The smallest absolute Gasteiger partial charge is 0.242 e. The molecule has 0 unspecified atom stereocenters. The highest BCUT2D eigenvalue weighted by Gasteiger charge is 2.47. The molecule has 2 atom stereocenters. The number of benzene rings is 2. The summed E-state index contributed by atoms with van der Waals surface area (Å²) in [6.07, 6.45) is 0. The van der Waals surface area contributed by atoms with Gasteiger partial charge in [-0.15, -0.1) is 0 Å². The van der Waals surface area contributed by atoms with Gasteiger partial charge in [0.15, 0.2) is 0 Å². The lowest BCUT2D eigenvalue weighted by Gasteiger charge is -2.51. The third kappa shape index (κ3) is 2.96. The number of carbonyl (C=O) groups excluding carboxylic acids is 1. The van der Waals surface area contributed by atoms with Gasteiger partial charge in [0.05, 0.1) is 17.1 Å². The topological polar surface area (TPSA) is 32.3 Å². The van der Waals surface area contributed by atoms with Crippen molar-refractivity contribution in [1.29, 1.82) is 0 Å². The molecular formula is C21H26N2O. The summed E-state index contributed by atoms with van der Waals surface area (Å²) < 4.78 is 0. The first kappa shape index (κ1) is 16.7. The van der Waals surface area contributed by atoms with E-state index in [-0.39, 0.29) is 17.5 Å². The normalized spacial score (nSPS) is 24.7. The summed E-state index contributed by atoms with van der Waals surface area (Å²) in [5, 5.41) is 3.58. The van der Waals surface area contributed by atoms with Crippen LogP contribution in [-0.4, -0.2) is 22.9 Å². The van der Waals surface area contributed by atoms with Crippen LogP contribution in [0.4, 0.5) is 0 Å². The Morgan fingerprint density at radius 1 is 0.958 bits per heavy atom. The highest BCUT2D eigenvalue weighted by Crippen LogP contribution is 2.35. The van der Waals surface area contributed by atoms with Gasteiger partial charge in [-0.25, -0.2) is 0 Å². The van der Waals surface area contributed by atoms with E-state index in [0.29, 0.717) is 6.54 Å². The lowest BCUT2D eigenvalue weighted by Crippen LogP contribution is -2.69. The molecule has 3 heteroatoms. The number of amides is 1. The third-order valence-corrected chi connectivity index (χ3v) is 5.03. The van der Waals surface area contributed by atoms with Gasteiger partial charge in [-0.1, -0.05) is 60.7 Å². The van der Waals surface area contributed by atoms with E-state index in [1.807, 2.05) is 43.0 Å². The van der Waals surface area contributed by atoms with Crippen LogP contribution in [0.5, 0.6) is 0 Å². The molecule has 0 aliphatic carbocycles. The van der Waals surface area contributed by atoms with E-state index in [1.165, 1.54) is 11.1 Å². The van der Waals surface area contributed by atoms with Gasteiger partial charge >= 0.3 is 0 Å². The molecule has 126 valence electrons. The zero-order valence-corrected chi connectivity index (χ0v) is 14.9. The first-order chi connectivity index (χ1) is 11.3. The Labute approximate surface area is 144 Å². The fourth-order valence-electron chi connectivity index (χ4n) is 3.75. The standard InChI is InChI=1S/C21H26N2O/c1-16(17-11-7-5-8-12-17)23-15-21(4,18-13-9-6-10-14-18)22-20(2,3)19(23)24/h5-14,16,22H,15H2,1-4H3/t16-,21-/m0/s1. The second kappa shape index (κ2) is 6.06. The molecule has 1 N–H and O–H groups in total. The fourth-order valence-corrected chi connectivity index (χ4v) is 3.75. The largest absolute Gasteiger partial charge is 0.332 e. The Kier molecular flexibility index (Phi) is 4.22. The lowest BCUT2D eigenvalue weighted by molar-refractivity contribution is -0.147. The average Bonchev–Trinajstić information content (AvgIpc) is 2.59. The number of piperazine rings is 1. The van der Waals surface area contributed by atoms with E-state index in [4.69, 9.17) is 0 Å². The Hall–Kier alpha value is -2.13. The van der Waals surface area contributed by atoms with Gasteiger partial charge in [-0.3, -0.25) is 10.1 Å². The van der Waals surface area contributed by atoms with Crippen LogP contribution in [0.15, 0.2) is 60.7 Å². The van der Waals surface area contributed by atoms with Crippen molar-refractivity contribution in [2.75, 3.05) is 6.54 Å². The van der Waals surface area contributed by atoms with Crippen LogP contribution in [-0.2, 0) is 10.3 Å². The zero-order chi connectivity index (χ0) is 17.4. The number of rotatable bonds is 3. The fraction of sp³-hybridized carbons (Fsp3) is 0.381. The number of hydrogen-bond donors (Lipinski definition) is 1. The predicted octanol–water partition coefficient (Wildman–Crippen LogP) is 3.87. The van der Waals surface area contributed by atoms with Crippen LogP contribution in [0.2, 0.25) is 0 Å². The molecule has 24 heavy (non-hydrogen) atoms. The van der Waals surface area contributed by atoms with Crippen molar-refractivity contribution in [3.8, 4) is 0 Å². The van der Waals surface area contributed by atoms with E-state index in [1.54, 1.807) is 0 Å². The van der Waals surface area contributed by atoms with Crippen LogP contribution >= 0.6 is 0 Å². The quantitative estimate of drug-likeness (QED) is 0.930. The van der Waals surface area contributed by atoms with Crippen molar-refractivity contribution < 1.29 is 4.79 Å². The van der Waals surface area contributed by atoms with Crippen LogP contribution in [0, 0.1) is 0 Å². The summed E-state index contributed by atoms with van der Waals surface area (Å²) in [7, 11) is 0. The molecule has 1 aliphatic heterocycles. The van der Waals surface area contributed by atoms with Crippen molar-refractivity contribution in [2.24, 2.45) is 0 Å². The van der Waals surface area contributed by atoms with Crippen molar-refractivity contribution in [1.82, 2.24) is 10.2 Å². The molecule has 1 saturated heterocycles. The summed E-state index contributed by atoms with van der Waals surface area (Å²) in [6.45, 7) is 8.89. The highest BCUT2D eigenvalue weighted by atomic mass is 16.2. The van der Waals surface area contributed by atoms with Crippen molar-refractivity contribution in [3.05, 3.63) is 71.8 Å². The van der Waals surface area contributed by atoms with E-state index < -0.39 is 5.54 Å². The van der Waals surface area contributed by atoms with Gasteiger partial charge in [-0.05, 0) is 38.8 Å². The van der Waals surface area contributed by atoms with Gasteiger partial charge in [0.2, 0.25) is 5.91 Å². The molecule has 0 radical (unpaired) electrons. The van der Waals surface area contributed by atoms with Crippen LogP contribution in [0.1, 0.15) is 44.9 Å². The molecule has 0 saturated carbocycles. The van der Waals surface area contributed by atoms with Crippen molar-refractivity contribution >= 4 is 5.91 Å². The number of carbonyl (C=O) groups is 1. The molecule has 0 bridgehead atoms. The van der Waals surface area contributed by atoms with Crippen molar-refractivity contribution in [2.45, 2.75) is 44.8 Å². The summed E-state index contributed by atoms with van der Waals surface area (Å²) >= 11 is 0. The highest BCUT2D eigenvalue weighted by molar-refractivity contribution is 5.87. The van der Waals surface area contributed by atoms with Gasteiger partial charge in [0.25, 0.3) is 0 Å². The van der Waals surface area contributed by atoms with Gasteiger partial charge < -0.3 is 4.90 Å². The molecule has 3 rings (SSSR count). The predicted molar refractivity (Wildman–Crippen MR) is 97.6 cm³/mol. The molecule has 1 fully saturated rings. The Morgan fingerprint density at radius 2 is 1.50 bits per heavy atom.